The molecule has 0 radical (unpaired) electrons. The van der Waals surface area contributed by atoms with E-state index in [1.54, 1.807) is 20.8 Å². The Balaban J connectivity index is 1.79. The summed E-state index contributed by atoms with van der Waals surface area (Å²) < 4.78 is 62.5. The first-order valence-corrected chi connectivity index (χ1v) is 17.4. The molecule has 0 fully saturated rings. The van der Waals surface area contributed by atoms with Crippen LogP contribution in [0.2, 0.25) is 0 Å². The van der Waals surface area contributed by atoms with E-state index in [1.807, 2.05) is 0 Å². The number of hydrogen-bond acceptors (Lipinski definition) is 12. The first kappa shape index (κ1) is 36.3. The molecule has 1 amide bonds. The van der Waals surface area contributed by atoms with E-state index in [0.29, 0.717) is 4.47 Å². The van der Waals surface area contributed by atoms with Gasteiger partial charge in [0.1, 0.15) is 5.60 Å². The van der Waals surface area contributed by atoms with Crippen molar-refractivity contribution < 1.29 is 41.1 Å². The number of fused-ring (bicyclic) bond motifs is 2. The van der Waals surface area contributed by atoms with Crippen molar-refractivity contribution >= 4 is 37.5 Å². The monoisotopic (exact) mass is 706 g/mol. The zero-order valence-electron chi connectivity index (χ0n) is 26.3. The Labute approximate surface area is 277 Å². The van der Waals surface area contributed by atoms with E-state index >= 15 is 0 Å². The van der Waals surface area contributed by atoms with E-state index in [1.165, 1.54) is 47.4 Å². The Morgan fingerprint density at radius 2 is 1.33 bits per heavy atom. The van der Waals surface area contributed by atoms with Crippen molar-refractivity contribution in [2.45, 2.75) is 55.7 Å². The van der Waals surface area contributed by atoms with Gasteiger partial charge in [0.2, 0.25) is 10.0 Å². The number of nitrogens with zero attached hydrogens (tertiary/aromatic N) is 6. The quantitative estimate of drug-likeness (QED) is 0.264. The van der Waals surface area contributed by atoms with Crippen molar-refractivity contribution in [1.82, 2.24) is 18.7 Å². The molecule has 0 saturated carbocycles. The van der Waals surface area contributed by atoms with Crippen LogP contribution in [-0.2, 0) is 42.7 Å². The third kappa shape index (κ3) is 8.66. The van der Waals surface area contributed by atoms with E-state index in [4.69, 9.17) is 9.57 Å². The lowest BCUT2D eigenvalue weighted by Crippen LogP contribution is -2.44. The fourth-order valence-electron chi connectivity index (χ4n) is 4.68. The Kier molecular flexibility index (Phi) is 11.1. The van der Waals surface area contributed by atoms with E-state index in [-0.39, 0.29) is 44.0 Å². The summed E-state index contributed by atoms with van der Waals surface area (Å²) in [5.74, 6) is 0. The number of nitro groups is 2. The molecular formula is C29H34N6O11S2. The Morgan fingerprint density at radius 3 is 1.90 bits per heavy atom. The van der Waals surface area contributed by atoms with Crippen molar-refractivity contribution in [1.29, 1.82) is 0 Å². The molecular weight excluding hydrogens is 672 g/mol. The summed E-state index contributed by atoms with van der Waals surface area (Å²) in [6.45, 7) is 3.13. The van der Waals surface area contributed by atoms with Crippen molar-refractivity contribution in [3.8, 4) is 0 Å². The summed E-state index contributed by atoms with van der Waals surface area (Å²) in [6, 6.07) is 14.1. The molecule has 0 aliphatic carbocycles. The minimum atomic E-state index is -4.66. The molecule has 2 heterocycles. The van der Waals surface area contributed by atoms with Gasteiger partial charge in [0.05, 0.1) is 40.9 Å². The zero-order chi connectivity index (χ0) is 35.3. The van der Waals surface area contributed by atoms with Crippen molar-refractivity contribution in [3.63, 3.8) is 0 Å². The summed E-state index contributed by atoms with van der Waals surface area (Å²) in [6.07, 6.45) is -0.755. The second-order valence-electron chi connectivity index (χ2n) is 11.5. The number of para-hydroxylation sites is 2. The second-order valence-corrected chi connectivity index (χ2v) is 15.2. The molecule has 1 aliphatic rings. The smallest absolute Gasteiger partial charge is 0.410 e. The van der Waals surface area contributed by atoms with Gasteiger partial charge in [-0.1, -0.05) is 34.8 Å². The number of nitro benzene ring substituents is 2. The number of benzene rings is 2. The van der Waals surface area contributed by atoms with Crippen LogP contribution in [0.1, 0.15) is 38.6 Å². The molecule has 2 bridgehead atoms. The van der Waals surface area contributed by atoms with Crippen molar-refractivity contribution in [2.24, 2.45) is 0 Å². The number of sulfonamides is 2. The van der Waals surface area contributed by atoms with E-state index < -0.39 is 75.8 Å². The third-order valence-corrected chi connectivity index (χ3v) is 10.4. The topological polar surface area (TPSA) is 213 Å². The first-order chi connectivity index (χ1) is 22.5. The molecule has 19 heteroatoms. The van der Waals surface area contributed by atoms with Gasteiger partial charge in [0.15, 0.2) is 9.79 Å². The fraction of sp³-hybridized carbons (Fsp3) is 0.379. The number of aromatic nitrogens is 1. The number of carbonyl (C=O) groups excluding carboxylic acids is 1. The van der Waals surface area contributed by atoms with Crippen molar-refractivity contribution in [2.75, 3.05) is 26.2 Å². The van der Waals surface area contributed by atoms with Crippen LogP contribution in [0.5, 0.6) is 0 Å². The molecule has 0 spiro atoms. The SMILES string of the molecule is CC(C)(C)OC(=O)N1CCCON(S(=O)(=O)c2ccccc2[N+](=O)[O-])Cc2cccc(n2)CN(S(=O)(=O)c2ccccc2[N+](=O)[O-])CC1. The average molecular weight is 707 g/mol. The molecule has 17 nitrogen and oxygen atoms in total. The average Bonchev–Trinajstić information content (AvgIpc) is 3.02. The Bertz CT molecular complexity index is 1900. The van der Waals surface area contributed by atoms with E-state index in [2.05, 4.69) is 4.98 Å². The molecule has 3 aromatic rings. The molecule has 0 atom stereocenters. The maximum absolute atomic E-state index is 14.0. The number of pyridine rings is 1. The predicted octanol–water partition coefficient (Wildman–Crippen LogP) is 3.85. The lowest BCUT2D eigenvalue weighted by Gasteiger charge is -2.30. The molecule has 0 saturated heterocycles. The van der Waals surface area contributed by atoms with Gasteiger partial charge in [-0.15, -0.1) is 0 Å². The molecule has 1 aliphatic heterocycles. The highest BCUT2D eigenvalue weighted by Gasteiger charge is 2.35. The molecule has 1 aromatic heterocycles. The molecule has 258 valence electrons. The van der Waals surface area contributed by atoms with Gasteiger partial charge in [-0.25, -0.2) is 21.6 Å². The number of carbonyl (C=O) groups is 1. The summed E-state index contributed by atoms with van der Waals surface area (Å²) in [5.41, 5.74) is -1.98. The van der Waals surface area contributed by atoms with Gasteiger partial charge < -0.3 is 9.64 Å². The Morgan fingerprint density at radius 1 is 0.792 bits per heavy atom. The van der Waals surface area contributed by atoms with Crippen LogP contribution in [0.4, 0.5) is 16.2 Å². The summed E-state index contributed by atoms with van der Waals surface area (Å²) in [7, 11) is -9.22. The molecule has 0 unspecified atom stereocenters. The molecule has 4 rings (SSSR count). The normalized spacial score (nSPS) is 16.1. The van der Waals surface area contributed by atoms with Crippen LogP contribution < -0.4 is 0 Å². The van der Waals surface area contributed by atoms with Crippen LogP contribution in [0.3, 0.4) is 0 Å². The van der Waals surface area contributed by atoms with Crippen LogP contribution in [0, 0.1) is 20.2 Å². The number of hydroxylamine groups is 1. The highest BCUT2D eigenvalue weighted by molar-refractivity contribution is 7.89. The van der Waals surface area contributed by atoms with Gasteiger partial charge in [-0.3, -0.25) is 30.1 Å². The van der Waals surface area contributed by atoms with Crippen LogP contribution in [0.15, 0.2) is 76.5 Å². The maximum Gasteiger partial charge on any atom is 0.410 e. The predicted molar refractivity (Wildman–Crippen MR) is 169 cm³/mol. The van der Waals surface area contributed by atoms with Gasteiger partial charge in [0, 0.05) is 31.8 Å². The number of amides is 1. The van der Waals surface area contributed by atoms with Crippen LogP contribution in [-0.4, -0.2) is 83.3 Å². The first-order valence-electron chi connectivity index (χ1n) is 14.6. The minimum absolute atomic E-state index is 0.0342. The Hall–Kier alpha value is -4.56. The molecule has 2 aromatic carbocycles. The minimum Gasteiger partial charge on any atom is -0.444 e. The van der Waals surface area contributed by atoms with Gasteiger partial charge in [-0.2, -0.15) is 4.31 Å². The highest BCUT2D eigenvalue weighted by atomic mass is 32.2. The van der Waals surface area contributed by atoms with Gasteiger partial charge >= 0.3 is 6.09 Å². The highest BCUT2D eigenvalue weighted by Crippen LogP contribution is 2.29. The second kappa shape index (κ2) is 14.7. The van der Waals surface area contributed by atoms with Crippen LogP contribution >= 0.6 is 0 Å². The third-order valence-electron chi connectivity index (χ3n) is 6.86. The van der Waals surface area contributed by atoms with Crippen molar-refractivity contribution in [3.05, 3.63) is 98.3 Å². The zero-order valence-corrected chi connectivity index (χ0v) is 27.9. The standard InChI is InChI=1S/C29H34N6O11S2/c1-29(2,3)46-28(36)31-16-9-19-45-33(48(43,44)27-15-7-5-13-25(27)35(39)40)21-23-11-8-10-22(30-23)20-32(18-17-31)47(41,42)26-14-6-4-12-24(26)34(37)38/h4-8,10-15H,9,16-21H2,1-3H3. The van der Waals surface area contributed by atoms with E-state index in [0.717, 1.165) is 28.6 Å². The largest absolute Gasteiger partial charge is 0.444 e. The lowest BCUT2D eigenvalue weighted by molar-refractivity contribution is -0.388. The number of rotatable bonds is 6. The van der Waals surface area contributed by atoms with Crippen LogP contribution in [0.25, 0.3) is 0 Å². The van der Waals surface area contributed by atoms with E-state index in [9.17, 15) is 41.9 Å². The number of hydrogen-bond donors (Lipinski definition) is 0. The fourth-order valence-corrected chi connectivity index (χ4v) is 7.63. The summed E-state index contributed by atoms with van der Waals surface area (Å²) in [5, 5.41) is 23.4. The van der Waals surface area contributed by atoms with Gasteiger partial charge in [0.25, 0.3) is 21.4 Å². The molecule has 48 heavy (non-hydrogen) atoms. The number of ether oxygens (including phenoxy) is 1. The molecule has 0 N–H and O–H groups in total. The lowest BCUT2D eigenvalue weighted by atomic mass is 10.2. The maximum atomic E-state index is 14.0. The summed E-state index contributed by atoms with van der Waals surface area (Å²) in [4.78, 5) is 45.1. The van der Waals surface area contributed by atoms with Gasteiger partial charge in [-0.05, 0) is 51.5 Å². The summed E-state index contributed by atoms with van der Waals surface area (Å²) >= 11 is 0.